The quantitative estimate of drug-likeness (QED) is 0.383. The number of hydrogen-bond acceptors (Lipinski definition) is 1. The summed E-state index contributed by atoms with van der Waals surface area (Å²) < 4.78 is 0. The van der Waals surface area contributed by atoms with E-state index in [1.165, 1.54) is 43.9 Å². The molecular weight excluding hydrogens is 392 g/mol. The lowest BCUT2D eigenvalue weighted by Gasteiger charge is -2.26. The SMILES string of the molecule is C/C=C/c1ccc(/C(C2=Cc3ccccc3C[C@@H](C)C2C)=C(/CC)c2cccs2)cc1. The van der Waals surface area contributed by atoms with E-state index in [9.17, 15) is 0 Å². The Morgan fingerprint density at radius 1 is 1.00 bits per heavy atom. The third kappa shape index (κ3) is 4.52. The lowest BCUT2D eigenvalue weighted by molar-refractivity contribution is 0.451. The average molecular weight is 425 g/mol. The summed E-state index contributed by atoms with van der Waals surface area (Å²) >= 11 is 1.85. The maximum Gasteiger partial charge on any atom is 0.0308 e. The molecule has 0 spiro atoms. The lowest BCUT2D eigenvalue weighted by atomic mass is 9.79. The van der Waals surface area contributed by atoms with Crippen molar-refractivity contribution in [2.75, 3.05) is 0 Å². The molecule has 1 aromatic heterocycles. The minimum Gasteiger partial charge on any atom is -0.144 e. The first-order chi connectivity index (χ1) is 15.1. The molecule has 2 aromatic carbocycles. The zero-order valence-corrected chi connectivity index (χ0v) is 19.9. The number of rotatable bonds is 5. The summed E-state index contributed by atoms with van der Waals surface area (Å²) in [7, 11) is 0. The van der Waals surface area contributed by atoms with Gasteiger partial charge in [-0.2, -0.15) is 0 Å². The van der Waals surface area contributed by atoms with Gasteiger partial charge < -0.3 is 0 Å². The van der Waals surface area contributed by atoms with Crippen LogP contribution < -0.4 is 0 Å². The van der Waals surface area contributed by atoms with Crippen molar-refractivity contribution in [3.63, 3.8) is 0 Å². The van der Waals surface area contributed by atoms with E-state index in [1.54, 1.807) is 0 Å². The number of hydrogen-bond donors (Lipinski definition) is 0. The molecule has 0 N–H and O–H groups in total. The van der Waals surface area contributed by atoms with Crippen LogP contribution in [0.15, 0.2) is 77.7 Å². The highest BCUT2D eigenvalue weighted by molar-refractivity contribution is 7.11. The van der Waals surface area contributed by atoms with Crippen LogP contribution in [-0.2, 0) is 6.42 Å². The molecular formula is C30H32S. The third-order valence-corrected chi connectivity index (χ3v) is 7.50. The van der Waals surface area contributed by atoms with Crippen molar-refractivity contribution in [3.8, 4) is 0 Å². The van der Waals surface area contributed by atoms with Crippen molar-refractivity contribution in [2.45, 2.75) is 40.5 Å². The summed E-state index contributed by atoms with van der Waals surface area (Å²) in [5.41, 5.74) is 9.77. The number of thiophene rings is 1. The molecule has 0 saturated heterocycles. The van der Waals surface area contributed by atoms with Gasteiger partial charge in [0.05, 0.1) is 0 Å². The minimum atomic E-state index is 0.485. The Balaban J connectivity index is 1.97. The fourth-order valence-electron chi connectivity index (χ4n) is 4.68. The van der Waals surface area contributed by atoms with E-state index in [0.717, 1.165) is 12.8 Å². The Morgan fingerprint density at radius 2 is 1.77 bits per heavy atom. The average Bonchev–Trinajstić information content (AvgIpc) is 3.28. The second kappa shape index (κ2) is 9.66. The van der Waals surface area contributed by atoms with Gasteiger partial charge in [-0.15, -0.1) is 11.3 Å². The van der Waals surface area contributed by atoms with E-state index in [4.69, 9.17) is 0 Å². The topological polar surface area (TPSA) is 0 Å². The van der Waals surface area contributed by atoms with Crippen LogP contribution in [0.3, 0.4) is 0 Å². The highest BCUT2D eigenvalue weighted by Gasteiger charge is 2.27. The molecule has 2 atom stereocenters. The molecule has 4 rings (SSSR count). The molecule has 0 radical (unpaired) electrons. The molecule has 0 nitrogen and oxygen atoms in total. The Morgan fingerprint density at radius 3 is 2.45 bits per heavy atom. The standard InChI is InChI=1S/C30H32S/c1-5-10-23-14-16-24(17-15-23)30(27(6-2)29-13-9-18-31-29)28-20-26-12-8-7-11-25(26)19-21(3)22(28)4/h5,7-18,20-22H,6,19H2,1-4H3/b10-5+,30-27+/t21-,22?/m1/s1. The lowest BCUT2D eigenvalue weighted by Crippen LogP contribution is -2.13. The molecule has 1 unspecified atom stereocenters. The smallest absolute Gasteiger partial charge is 0.0308 e. The second-order valence-electron chi connectivity index (χ2n) is 8.57. The van der Waals surface area contributed by atoms with Gasteiger partial charge in [0.1, 0.15) is 0 Å². The summed E-state index contributed by atoms with van der Waals surface area (Å²) in [5, 5.41) is 2.20. The van der Waals surface area contributed by atoms with Gasteiger partial charge in [-0.05, 0) is 82.0 Å². The monoisotopic (exact) mass is 424 g/mol. The predicted octanol–water partition coefficient (Wildman–Crippen LogP) is 9.01. The highest BCUT2D eigenvalue weighted by atomic mass is 32.1. The van der Waals surface area contributed by atoms with E-state index < -0.39 is 0 Å². The number of benzene rings is 2. The van der Waals surface area contributed by atoms with Crippen molar-refractivity contribution >= 4 is 34.6 Å². The van der Waals surface area contributed by atoms with Crippen LogP contribution in [0.4, 0.5) is 0 Å². The molecule has 0 bridgehead atoms. The molecule has 3 aromatic rings. The normalized spacial score (nSPS) is 19.5. The van der Waals surface area contributed by atoms with Gasteiger partial charge in [-0.3, -0.25) is 0 Å². The molecule has 0 fully saturated rings. The van der Waals surface area contributed by atoms with Crippen molar-refractivity contribution in [3.05, 3.63) is 105 Å². The summed E-state index contributed by atoms with van der Waals surface area (Å²) in [6, 6.07) is 22.5. The van der Waals surface area contributed by atoms with Gasteiger partial charge in [-0.1, -0.05) is 93.6 Å². The summed E-state index contributed by atoms with van der Waals surface area (Å²) in [4.78, 5) is 1.38. The van der Waals surface area contributed by atoms with E-state index in [0.29, 0.717) is 11.8 Å². The van der Waals surface area contributed by atoms with Gasteiger partial charge in [0.25, 0.3) is 0 Å². The van der Waals surface area contributed by atoms with Crippen LogP contribution in [-0.4, -0.2) is 0 Å². The van der Waals surface area contributed by atoms with Crippen molar-refractivity contribution in [1.29, 1.82) is 0 Å². The van der Waals surface area contributed by atoms with Crippen molar-refractivity contribution in [1.82, 2.24) is 0 Å². The van der Waals surface area contributed by atoms with Crippen LogP contribution in [0.1, 0.15) is 61.2 Å². The van der Waals surface area contributed by atoms with Gasteiger partial charge >= 0.3 is 0 Å². The Hall–Kier alpha value is -2.64. The second-order valence-corrected chi connectivity index (χ2v) is 9.52. The van der Waals surface area contributed by atoms with Crippen LogP contribution in [0, 0.1) is 11.8 Å². The molecule has 0 aliphatic heterocycles. The van der Waals surface area contributed by atoms with Crippen molar-refractivity contribution in [2.24, 2.45) is 11.8 Å². The van der Waals surface area contributed by atoms with Gasteiger partial charge in [-0.25, -0.2) is 0 Å². The van der Waals surface area contributed by atoms with E-state index in [1.807, 2.05) is 11.3 Å². The molecule has 1 heterocycles. The molecule has 1 aliphatic rings. The molecule has 0 saturated carbocycles. The highest BCUT2D eigenvalue weighted by Crippen LogP contribution is 2.43. The maximum absolute atomic E-state index is 2.47. The Kier molecular flexibility index (Phi) is 6.73. The Bertz CT molecular complexity index is 1110. The van der Waals surface area contributed by atoms with Crippen LogP contribution in [0.5, 0.6) is 0 Å². The van der Waals surface area contributed by atoms with Crippen molar-refractivity contribution < 1.29 is 0 Å². The fraction of sp³-hybridized carbons (Fsp3) is 0.267. The largest absolute Gasteiger partial charge is 0.144 e. The zero-order chi connectivity index (χ0) is 21.8. The van der Waals surface area contributed by atoms with E-state index in [-0.39, 0.29) is 0 Å². The third-order valence-electron chi connectivity index (χ3n) is 6.57. The summed E-state index contributed by atoms with van der Waals surface area (Å²) in [6.07, 6.45) is 8.89. The molecule has 0 amide bonds. The fourth-order valence-corrected chi connectivity index (χ4v) is 5.53. The molecule has 31 heavy (non-hydrogen) atoms. The number of allylic oxidation sites excluding steroid dienone is 4. The van der Waals surface area contributed by atoms with Gasteiger partial charge in [0, 0.05) is 4.88 Å². The summed E-state index contributed by atoms with van der Waals surface area (Å²) in [5.74, 6) is 1.08. The first-order valence-electron chi connectivity index (χ1n) is 11.4. The zero-order valence-electron chi connectivity index (χ0n) is 19.1. The minimum absolute atomic E-state index is 0.485. The molecule has 1 heteroatoms. The van der Waals surface area contributed by atoms with Crippen LogP contribution >= 0.6 is 11.3 Å². The molecule has 1 aliphatic carbocycles. The first kappa shape index (κ1) is 21.6. The predicted molar refractivity (Wildman–Crippen MR) is 139 cm³/mol. The van der Waals surface area contributed by atoms with E-state index >= 15 is 0 Å². The Labute approximate surface area is 191 Å². The summed E-state index contributed by atoms with van der Waals surface area (Å²) in [6.45, 7) is 9.19. The van der Waals surface area contributed by atoms with Crippen LogP contribution in [0.25, 0.3) is 23.3 Å². The van der Waals surface area contributed by atoms with E-state index in [2.05, 4.69) is 112 Å². The first-order valence-corrected chi connectivity index (χ1v) is 12.3. The van der Waals surface area contributed by atoms with Crippen LogP contribution in [0.2, 0.25) is 0 Å². The number of fused-ring (bicyclic) bond motifs is 1. The van der Waals surface area contributed by atoms with Gasteiger partial charge in [0.15, 0.2) is 0 Å². The van der Waals surface area contributed by atoms with Gasteiger partial charge in [0.2, 0.25) is 0 Å². The maximum atomic E-state index is 2.47. The molecule has 158 valence electrons.